The second-order valence-corrected chi connectivity index (χ2v) is 10.1. The van der Waals surface area contributed by atoms with Crippen molar-refractivity contribution >= 4 is 23.5 Å². The summed E-state index contributed by atoms with van der Waals surface area (Å²) in [5, 5.41) is 0. The molecule has 0 amide bonds. The maximum atomic E-state index is 13.2. The summed E-state index contributed by atoms with van der Waals surface area (Å²) < 4.78 is 49.6. The average Bonchev–Trinajstić information content (AvgIpc) is 3.08. The van der Waals surface area contributed by atoms with Gasteiger partial charge in [0.1, 0.15) is 6.10 Å². The summed E-state index contributed by atoms with van der Waals surface area (Å²) in [7, 11) is 0. The van der Waals surface area contributed by atoms with Crippen molar-refractivity contribution in [2.75, 3.05) is 6.61 Å². The number of halogens is 3. The van der Waals surface area contributed by atoms with E-state index in [1.165, 1.54) is 19.1 Å². The van der Waals surface area contributed by atoms with Gasteiger partial charge in [0.15, 0.2) is 18.2 Å². The van der Waals surface area contributed by atoms with Crippen molar-refractivity contribution in [1.29, 1.82) is 0 Å². The topological polar surface area (TPSA) is 86.7 Å². The maximum absolute atomic E-state index is 13.2. The smallest absolute Gasteiger partial charge is 0.457 e. The van der Waals surface area contributed by atoms with Crippen LogP contribution in [0.2, 0.25) is 0 Å². The summed E-state index contributed by atoms with van der Waals surface area (Å²) in [6, 6.07) is 0. The molecule has 0 spiro atoms. The number of hydrogen-bond donors (Lipinski definition) is 0. The van der Waals surface area contributed by atoms with E-state index in [9.17, 15) is 32.3 Å². The van der Waals surface area contributed by atoms with Crippen molar-refractivity contribution in [2.45, 2.75) is 58.7 Å². The second kappa shape index (κ2) is 8.20. The van der Waals surface area contributed by atoms with Gasteiger partial charge in [-0.3, -0.25) is 14.4 Å². The molecule has 2 saturated carbocycles. The average molecular weight is 480 g/mol. The number of hydrogen-bond acceptors (Lipinski definition) is 6. The molecular formula is C25H27F3O6. The number of carbonyl (C=O) groups excluding carboxylic acids is 4. The van der Waals surface area contributed by atoms with Gasteiger partial charge in [-0.1, -0.05) is 31.6 Å². The third kappa shape index (κ3) is 3.92. The summed E-state index contributed by atoms with van der Waals surface area (Å²) in [6.45, 7) is 4.44. The number of Topliss-reactive ketones (excluding diaryl/α,β-unsaturated/α-hetero) is 1. The molecule has 6 nitrogen and oxygen atoms in total. The highest BCUT2D eigenvalue weighted by molar-refractivity contribution is 6.01. The molecule has 34 heavy (non-hydrogen) atoms. The van der Waals surface area contributed by atoms with Gasteiger partial charge in [-0.2, -0.15) is 13.2 Å². The molecule has 2 fully saturated rings. The Bertz CT molecular complexity index is 1040. The summed E-state index contributed by atoms with van der Waals surface area (Å²) in [5.41, 5.74) is -0.332. The van der Waals surface area contributed by atoms with Crippen LogP contribution in [0, 0.1) is 28.6 Å². The van der Waals surface area contributed by atoms with E-state index in [1.807, 2.05) is 13.8 Å². The molecular weight excluding hydrogens is 453 g/mol. The Morgan fingerprint density at radius 1 is 1.21 bits per heavy atom. The van der Waals surface area contributed by atoms with Crippen molar-refractivity contribution in [1.82, 2.24) is 0 Å². The van der Waals surface area contributed by atoms with Crippen LogP contribution in [-0.4, -0.2) is 42.4 Å². The molecule has 4 aliphatic rings. The SMILES string of the molecule is CC(=O)OCC(=O)C1=CC[C@H]2[C@@H]3CCC4=CC(=O)C=C[C@]4(C)[C@H]3[C@@H](OC(=O)C(F)(F)F)C[C@]12C. The van der Waals surface area contributed by atoms with Crippen LogP contribution < -0.4 is 0 Å². The molecule has 6 atom stereocenters. The zero-order valence-electron chi connectivity index (χ0n) is 19.2. The van der Waals surface area contributed by atoms with Crippen LogP contribution in [0.25, 0.3) is 0 Å². The van der Waals surface area contributed by atoms with Crippen molar-refractivity contribution in [2.24, 2.45) is 28.6 Å². The van der Waals surface area contributed by atoms with E-state index in [0.29, 0.717) is 24.8 Å². The van der Waals surface area contributed by atoms with E-state index < -0.39 is 53.4 Å². The lowest BCUT2D eigenvalue weighted by atomic mass is 9.46. The normalized spacial score (nSPS) is 36.5. The summed E-state index contributed by atoms with van der Waals surface area (Å²) >= 11 is 0. The Balaban J connectivity index is 1.72. The monoisotopic (exact) mass is 480 g/mol. The Hall–Kier alpha value is -2.71. The van der Waals surface area contributed by atoms with E-state index in [4.69, 9.17) is 9.47 Å². The van der Waals surface area contributed by atoms with Gasteiger partial charge in [-0.25, -0.2) is 4.79 Å². The predicted molar refractivity (Wildman–Crippen MR) is 113 cm³/mol. The standard InChI is InChI=1S/C25H27F3O6/c1-13(29)33-12-19(31)18-7-6-17-16-5-4-14-10-15(30)8-9-23(14,2)21(16)20(11-24(17,18)3)34-22(32)25(26,27)28/h7-10,16-17,20-21H,4-6,11-12H2,1-3H3/t16-,17-,20-,21+,23-,24-/m0/s1. The maximum Gasteiger partial charge on any atom is 0.490 e. The number of alkyl halides is 3. The minimum absolute atomic E-state index is 0.0307. The molecule has 0 aliphatic heterocycles. The van der Waals surface area contributed by atoms with Crippen LogP contribution in [-0.2, 0) is 28.7 Å². The van der Waals surface area contributed by atoms with Gasteiger partial charge in [-0.05, 0) is 49.7 Å². The van der Waals surface area contributed by atoms with Crippen LogP contribution in [0.4, 0.5) is 13.2 Å². The molecule has 0 aromatic carbocycles. The first-order chi connectivity index (χ1) is 15.8. The number of ether oxygens (including phenoxy) is 2. The third-order valence-electron chi connectivity index (χ3n) is 8.25. The molecule has 4 rings (SSSR count). The van der Waals surface area contributed by atoms with Gasteiger partial charge in [-0.15, -0.1) is 0 Å². The summed E-state index contributed by atoms with van der Waals surface area (Å²) in [4.78, 5) is 48.0. The first-order valence-electron chi connectivity index (χ1n) is 11.4. The number of esters is 2. The van der Waals surface area contributed by atoms with Crippen LogP contribution in [0.15, 0.2) is 35.5 Å². The zero-order valence-corrected chi connectivity index (χ0v) is 19.2. The first-order valence-corrected chi connectivity index (χ1v) is 11.4. The van der Waals surface area contributed by atoms with Crippen molar-refractivity contribution in [3.05, 3.63) is 35.5 Å². The number of allylic oxidation sites excluding steroid dienone is 5. The van der Waals surface area contributed by atoms with Gasteiger partial charge < -0.3 is 9.47 Å². The fourth-order valence-corrected chi connectivity index (χ4v) is 6.85. The molecule has 0 heterocycles. The van der Waals surface area contributed by atoms with Crippen molar-refractivity contribution in [3.63, 3.8) is 0 Å². The molecule has 0 aromatic rings. The number of fused-ring (bicyclic) bond motifs is 5. The molecule has 0 radical (unpaired) electrons. The van der Waals surface area contributed by atoms with Crippen LogP contribution in [0.1, 0.15) is 46.5 Å². The molecule has 0 aromatic heterocycles. The highest BCUT2D eigenvalue weighted by Crippen LogP contribution is 2.65. The fourth-order valence-electron chi connectivity index (χ4n) is 6.85. The van der Waals surface area contributed by atoms with Gasteiger partial charge >= 0.3 is 18.1 Å². The minimum atomic E-state index is -5.15. The van der Waals surface area contributed by atoms with Crippen LogP contribution in [0.3, 0.4) is 0 Å². The molecule has 0 saturated heterocycles. The van der Waals surface area contributed by atoms with E-state index >= 15 is 0 Å². The lowest BCUT2D eigenvalue weighted by Crippen LogP contribution is -2.57. The quantitative estimate of drug-likeness (QED) is 0.565. The molecule has 0 N–H and O–H groups in total. The second-order valence-electron chi connectivity index (χ2n) is 10.1. The van der Waals surface area contributed by atoms with Crippen molar-refractivity contribution in [3.8, 4) is 0 Å². The van der Waals surface area contributed by atoms with Crippen molar-refractivity contribution < 1.29 is 41.8 Å². The van der Waals surface area contributed by atoms with Crippen LogP contribution in [0.5, 0.6) is 0 Å². The van der Waals surface area contributed by atoms with E-state index in [2.05, 4.69) is 0 Å². The van der Waals surface area contributed by atoms with Gasteiger partial charge in [0.05, 0.1) is 0 Å². The first kappa shape index (κ1) is 24.4. The molecule has 4 aliphatic carbocycles. The lowest BCUT2D eigenvalue weighted by molar-refractivity contribution is -0.217. The summed E-state index contributed by atoms with van der Waals surface area (Å²) in [6.07, 6.45) is 1.98. The van der Waals surface area contributed by atoms with E-state index in [-0.39, 0.29) is 24.0 Å². The third-order valence-corrected chi connectivity index (χ3v) is 8.25. The van der Waals surface area contributed by atoms with Gasteiger partial charge in [0, 0.05) is 29.2 Å². The number of rotatable bonds is 4. The largest absolute Gasteiger partial charge is 0.490 e. The predicted octanol–water partition coefficient (Wildman–Crippen LogP) is 4.05. The van der Waals surface area contributed by atoms with E-state index in [0.717, 1.165) is 5.57 Å². The molecule has 0 bridgehead atoms. The molecule has 0 unspecified atom stereocenters. The van der Waals surface area contributed by atoms with Gasteiger partial charge in [0.25, 0.3) is 0 Å². The minimum Gasteiger partial charge on any atom is -0.457 e. The Morgan fingerprint density at radius 3 is 2.56 bits per heavy atom. The highest BCUT2D eigenvalue weighted by Gasteiger charge is 2.62. The highest BCUT2D eigenvalue weighted by atomic mass is 19.4. The molecule has 9 heteroatoms. The Kier molecular flexibility index (Phi) is 5.89. The lowest BCUT2D eigenvalue weighted by Gasteiger charge is -2.58. The summed E-state index contributed by atoms with van der Waals surface area (Å²) in [5.74, 6) is -4.10. The van der Waals surface area contributed by atoms with Crippen LogP contribution >= 0.6 is 0 Å². The zero-order chi connectivity index (χ0) is 25.1. The van der Waals surface area contributed by atoms with E-state index in [1.54, 1.807) is 12.2 Å². The number of carbonyl (C=O) groups is 4. The number of ketones is 2. The Labute approximate surface area is 195 Å². The molecule has 184 valence electrons. The fraction of sp³-hybridized carbons (Fsp3) is 0.600. The Morgan fingerprint density at radius 2 is 1.91 bits per heavy atom. The van der Waals surface area contributed by atoms with Gasteiger partial charge in [0.2, 0.25) is 0 Å².